The molecule has 0 spiro atoms. The second-order valence-corrected chi connectivity index (χ2v) is 7.17. The highest BCUT2D eigenvalue weighted by molar-refractivity contribution is 7.89. The SMILES string of the molecule is CCN(Cc1cccc(Cl)c1)S(=O)(=O)CCCCCl. The number of sulfonamides is 1. The molecular formula is C13H19Cl2NO2S. The lowest BCUT2D eigenvalue weighted by atomic mass is 10.2. The van der Waals surface area contributed by atoms with E-state index in [-0.39, 0.29) is 5.75 Å². The molecule has 0 bridgehead atoms. The molecule has 3 nitrogen and oxygen atoms in total. The Morgan fingerprint density at radius 3 is 2.58 bits per heavy atom. The van der Waals surface area contributed by atoms with E-state index in [2.05, 4.69) is 0 Å². The molecule has 0 aliphatic heterocycles. The molecule has 1 aromatic carbocycles. The number of halogens is 2. The lowest BCUT2D eigenvalue weighted by Gasteiger charge is -2.20. The van der Waals surface area contributed by atoms with Gasteiger partial charge in [0, 0.05) is 24.0 Å². The van der Waals surface area contributed by atoms with Gasteiger partial charge < -0.3 is 0 Å². The number of alkyl halides is 1. The monoisotopic (exact) mass is 323 g/mol. The first-order chi connectivity index (χ1) is 8.99. The van der Waals surface area contributed by atoms with Crippen molar-refractivity contribution >= 4 is 33.2 Å². The van der Waals surface area contributed by atoms with E-state index < -0.39 is 10.0 Å². The summed E-state index contributed by atoms with van der Waals surface area (Å²) < 4.78 is 25.8. The van der Waals surface area contributed by atoms with Gasteiger partial charge >= 0.3 is 0 Å². The lowest BCUT2D eigenvalue weighted by Crippen LogP contribution is -2.32. The molecule has 0 saturated carbocycles. The molecule has 1 rings (SSSR count). The Bertz CT molecular complexity index is 491. The zero-order chi connectivity index (χ0) is 14.3. The fraction of sp³-hybridized carbons (Fsp3) is 0.538. The molecule has 0 heterocycles. The quantitative estimate of drug-likeness (QED) is 0.542. The lowest BCUT2D eigenvalue weighted by molar-refractivity contribution is 0.422. The molecule has 0 atom stereocenters. The third kappa shape index (κ3) is 5.69. The van der Waals surface area contributed by atoms with Gasteiger partial charge in [0.05, 0.1) is 5.75 Å². The molecule has 0 amide bonds. The fourth-order valence-electron chi connectivity index (χ4n) is 1.75. The van der Waals surface area contributed by atoms with Gasteiger partial charge in [-0.1, -0.05) is 30.7 Å². The van der Waals surface area contributed by atoms with Crippen LogP contribution in [0.1, 0.15) is 25.3 Å². The van der Waals surface area contributed by atoms with Crippen molar-refractivity contribution < 1.29 is 8.42 Å². The zero-order valence-corrected chi connectivity index (χ0v) is 13.3. The summed E-state index contributed by atoms with van der Waals surface area (Å²) in [5.41, 5.74) is 0.898. The molecule has 0 unspecified atom stereocenters. The van der Waals surface area contributed by atoms with Crippen LogP contribution in [0.25, 0.3) is 0 Å². The Balaban J connectivity index is 2.72. The summed E-state index contributed by atoms with van der Waals surface area (Å²) in [4.78, 5) is 0. The van der Waals surface area contributed by atoms with Crippen molar-refractivity contribution in [1.82, 2.24) is 4.31 Å². The summed E-state index contributed by atoms with van der Waals surface area (Å²) in [5.74, 6) is 0.643. The molecule has 0 saturated heterocycles. The zero-order valence-electron chi connectivity index (χ0n) is 11.0. The standard InChI is InChI=1S/C13H19Cl2NO2S/c1-2-16(19(17,18)9-4-3-8-14)11-12-6-5-7-13(15)10-12/h5-7,10H,2-4,8-9,11H2,1H3. The van der Waals surface area contributed by atoms with E-state index in [4.69, 9.17) is 23.2 Å². The van der Waals surface area contributed by atoms with Crippen LogP contribution in [0.3, 0.4) is 0 Å². The van der Waals surface area contributed by atoms with Gasteiger partial charge in [0.25, 0.3) is 0 Å². The molecule has 108 valence electrons. The third-order valence-corrected chi connectivity index (χ3v) is 5.26. The number of hydrogen-bond donors (Lipinski definition) is 0. The van der Waals surface area contributed by atoms with Crippen molar-refractivity contribution in [2.24, 2.45) is 0 Å². The number of nitrogens with zero attached hydrogens (tertiary/aromatic N) is 1. The summed E-state index contributed by atoms with van der Waals surface area (Å²) in [6.45, 7) is 2.65. The molecular weight excluding hydrogens is 305 g/mol. The van der Waals surface area contributed by atoms with E-state index >= 15 is 0 Å². The molecule has 6 heteroatoms. The van der Waals surface area contributed by atoms with Crippen LogP contribution in [0.4, 0.5) is 0 Å². The van der Waals surface area contributed by atoms with Crippen LogP contribution < -0.4 is 0 Å². The predicted molar refractivity (Wildman–Crippen MR) is 81.3 cm³/mol. The van der Waals surface area contributed by atoms with Crippen molar-refractivity contribution in [3.63, 3.8) is 0 Å². The van der Waals surface area contributed by atoms with E-state index in [9.17, 15) is 8.42 Å². The van der Waals surface area contributed by atoms with Crippen LogP contribution in [0, 0.1) is 0 Å². The highest BCUT2D eigenvalue weighted by atomic mass is 35.5. The topological polar surface area (TPSA) is 37.4 Å². The Morgan fingerprint density at radius 2 is 2.00 bits per heavy atom. The van der Waals surface area contributed by atoms with Crippen molar-refractivity contribution in [3.8, 4) is 0 Å². The molecule has 0 aromatic heterocycles. The van der Waals surface area contributed by atoms with E-state index in [1.165, 1.54) is 4.31 Å². The summed E-state index contributed by atoms with van der Waals surface area (Å²) in [5, 5.41) is 0.619. The van der Waals surface area contributed by atoms with Gasteiger partial charge in [-0.2, -0.15) is 4.31 Å². The van der Waals surface area contributed by atoms with Gasteiger partial charge in [0.1, 0.15) is 0 Å². The minimum absolute atomic E-state index is 0.147. The van der Waals surface area contributed by atoms with Crippen LogP contribution in [0.15, 0.2) is 24.3 Å². The minimum Gasteiger partial charge on any atom is -0.212 e. The van der Waals surface area contributed by atoms with Crippen molar-refractivity contribution in [3.05, 3.63) is 34.9 Å². The maximum absolute atomic E-state index is 12.2. The average Bonchev–Trinajstić information content (AvgIpc) is 2.36. The molecule has 1 aromatic rings. The van der Waals surface area contributed by atoms with E-state index in [1.807, 2.05) is 19.1 Å². The normalized spacial score (nSPS) is 12.0. The second kappa shape index (κ2) is 8.10. The van der Waals surface area contributed by atoms with Gasteiger partial charge in [-0.25, -0.2) is 8.42 Å². The first-order valence-corrected chi connectivity index (χ1v) is 8.80. The molecule has 0 N–H and O–H groups in total. The number of unbranched alkanes of at least 4 members (excludes halogenated alkanes) is 1. The molecule has 0 fully saturated rings. The van der Waals surface area contributed by atoms with Crippen LogP contribution in [0.5, 0.6) is 0 Å². The first-order valence-electron chi connectivity index (χ1n) is 6.28. The maximum Gasteiger partial charge on any atom is 0.214 e. The van der Waals surface area contributed by atoms with E-state index in [0.717, 1.165) is 12.0 Å². The summed E-state index contributed by atoms with van der Waals surface area (Å²) in [7, 11) is -3.22. The van der Waals surface area contributed by atoms with Crippen LogP contribution in [-0.4, -0.2) is 30.9 Å². The van der Waals surface area contributed by atoms with E-state index in [1.54, 1.807) is 12.1 Å². The molecule has 0 aliphatic carbocycles. The Kier molecular flexibility index (Phi) is 7.15. The summed E-state index contributed by atoms with van der Waals surface area (Å²) in [6, 6.07) is 7.27. The third-order valence-electron chi connectivity index (χ3n) is 2.78. The highest BCUT2D eigenvalue weighted by Gasteiger charge is 2.20. The van der Waals surface area contributed by atoms with Crippen molar-refractivity contribution in [2.45, 2.75) is 26.3 Å². The van der Waals surface area contributed by atoms with Gasteiger partial charge in [0.2, 0.25) is 10.0 Å². The number of benzene rings is 1. The van der Waals surface area contributed by atoms with Gasteiger partial charge in [-0.15, -0.1) is 11.6 Å². The van der Waals surface area contributed by atoms with Gasteiger partial charge in [-0.05, 0) is 30.5 Å². The molecule has 19 heavy (non-hydrogen) atoms. The Labute approximate surface area is 125 Å². The first kappa shape index (κ1) is 16.8. The molecule has 0 radical (unpaired) electrons. The van der Waals surface area contributed by atoms with Crippen LogP contribution in [0.2, 0.25) is 5.02 Å². The average molecular weight is 324 g/mol. The number of rotatable bonds is 8. The van der Waals surface area contributed by atoms with Crippen LogP contribution in [-0.2, 0) is 16.6 Å². The fourth-order valence-corrected chi connectivity index (χ4v) is 3.72. The maximum atomic E-state index is 12.2. The second-order valence-electron chi connectivity index (χ2n) is 4.27. The predicted octanol–water partition coefficient (Wildman–Crippen LogP) is 3.51. The largest absolute Gasteiger partial charge is 0.214 e. The molecule has 0 aliphatic rings. The highest BCUT2D eigenvalue weighted by Crippen LogP contribution is 2.15. The van der Waals surface area contributed by atoms with Crippen molar-refractivity contribution in [2.75, 3.05) is 18.2 Å². The summed E-state index contributed by atoms with van der Waals surface area (Å²) in [6.07, 6.45) is 1.31. The summed E-state index contributed by atoms with van der Waals surface area (Å²) >= 11 is 11.5. The van der Waals surface area contributed by atoms with E-state index in [0.29, 0.717) is 30.4 Å². The smallest absolute Gasteiger partial charge is 0.212 e. The Morgan fingerprint density at radius 1 is 1.26 bits per heavy atom. The van der Waals surface area contributed by atoms with Gasteiger partial charge in [0.15, 0.2) is 0 Å². The van der Waals surface area contributed by atoms with Gasteiger partial charge in [-0.3, -0.25) is 0 Å². The number of hydrogen-bond acceptors (Lipinski definition) is 2. The Hall–Kier alpha value is -0.290. The van der Waals surface area contributed by atoms with Crippen molar-refractivity contribution in [1.29, 1.82) is 0 Å². The minimum atomic E-state index is -3.22. The van der Waals surface area contributed by atoms with Crippen LogP contribution >= 0.6 is 23.2 Å².